The van der Waals surface area contributed by atoms with Crippen LogP contribution in [0.3, 0.4) is 0 Å². The molecule has 2 rings (SSSR count). The lowest BCUT2D eigenvalue weighted by atomic mass is 10.1. The highest BCUT2D eigenvalue weighted by atomic mass is 16.5. The Balaban J connectivity index is 1.68. The Bertz CT molecular complexity index is 455. The molecule has 7 nitrogen and oxygen atoms in total. The minimum Gasteiger partial charge on any atom is -0.378 e. The maximum Gasteiger partial charge on any atom is 0.312 e. The molecule has 25 heavy (non-hydrogen) atoms. The second kappa shape index (κ2) is 10.4. The summed E-state index contributed by atoms with van der Waals surface area (Å²) < 4.78 is 5.21. The zero-order valence-electron chi connectivity index (χ0n) is 15.4. The average molecular weight is 353 g/mol. The normalized spacial score (nSPS) is 18.4. The fourth-order valence-electron chi connectivity index (χ4n) is 3.23. The van der Waals surface area contributed by atoms with Gasteiger partial charge in [-0.25, -0.2) is 0 Å². The van der Waals surface area contributed by atoms with Gasteiger partial charge in [0.05, 0.1) is 13.2 Å². The van der Waals surface area contributed by atoms with Gasteiger partial charge in [0.15, 0.2) is 0 Å². The molecular weight excluding hydrogens is 322 g/mol. The van der Waals surface area contributed by atoms with Crippen LogP contribution in [0.25, 0.3) is 0 Å². The first-order valence-electron chi connectivity index (χ1n) is 9.57. The molecule has 2 saturated heterocycles. The number of unbranched alkanes of at least 4 members (excludes halogenated alkanes) is 4. The number of nitrogens with zero attached hydrogens (tertiary/aromatic N) is 3. The lowest BCUT2D eigenvalue weighted by Gasteiger charge is -2.36. The van der Waals surface area contributed by atoms with Crippen molar-refractivity contribution in [2.45, 2.75) is 45.4 Å². The molecule has 3 amide bonds. The molecule has 7 heteroatoms. The predicted octanol–water partition coefficient (Wildman–Crippen LogP) is 0.877. The van der Waals surface area contributed by atoms with Crippen LogP contribution in [0.5, 0.6) is 0 Å². The minimum atomic E-state index is -0.450. The van der Waals surface area contributed by atoms with Crippen LogP contribution in [0.4, 0.5) is 0 Å². The largest absolute Gasteiger partial charge is 0.378 e. The summed E-state index contributed by atoms with van der Waals surface area (Å²) in [5, 5.41) is 0. The minimum absolute atomic E-state index is 0.170. The zero-order chi connectivity index (χ0) is 18.1. The number of morpholine rings is 1. The maximum absolute atomic E-state index is 12.3. The monoisotopic (exact) mass is 353 g/mol. The molecule has 2 aliphatic rings. The molecule has 0 atom stereocenters. The summed E-state index contributed by atoms with van der Waals surface area (Å²) in [5.74, 6) is -0.726. The molecule has 0 spiro atoms. The number of amides is 3. The van der Waals surface area contributed by atoms with E-state index in [1.165, 1.54) is 19.3 Å². The van der Waals surface area contributed by atoms with E-state index in [2.05, 4.69) is 6.92 Å². The third kappa shape index (κ3) is 5.99. The Morgan fingerprint density at radius 2 is 1.24 bits per heavy atom. The number of piperazine rings is 1. The van der Waals surface area contributed by atoms with E-state index in [0.717, 1.165) is 12.8 Å². The highest BCUT2D eigenvalue weighted by Crippen LogP contribution is 2.10. The Morgan fingerprint density at radius 3 is 1.84 bits per heavy atom. The Labute approximate surface area is 150 Å². The third-order valence-electron chi connectivity index (χ3n) is 4.90. The van der Waals surface area contributed by atoms with Gasteiger partial charge in [-0.1, -0.05) is 32.6 Å². The average Bonchev–Trinajstić information content (AvgIpc) is 2.67. The maximum atomic E-state index is 12.3. The van der Waals surface area contributed by atoms with E-state index < -0.39 is 11.8 Å². The molecule has 0 aromatic rings. The van der Waals surface area contributed by atoms with Crippen LogP contribution < -0.4 is 0 Å². The van der Waals surface area contributed by atoms with Gasteiger partial charge in [-0.3, -0.25) is 14.4 Å². The first-order valence-corrected chi connectivity index (χ1v) is 9.57. The summed E-state index contributed by atoms with van der Waals surface area (Å²) >= 11 is 0. The fraction of sp³-hybridized carbons (Fsp3) is 0.833. The van der Waals surface area contributed by atoms with Gasteiger partial charge < -0.3 is 19.4 Å². The van der Waals surface area contributed by atoms with Crippen molar-refractivity contribution in [2.24, 2.45) is 0 Å². The van der Waals surface area contributed by atoms with E-state index in [1.54, 1.807) is 9.80 Å². The van der Waals surface area contributed by atoms with Crippen LogP contribution in [0.2, 0.25) is 0 Å². The van der Waals surface area contributed by atoms with Gasteiger partial charge in [0.2, 0.25) is 5.91 Å². The third-order valence-corrected chi connectivity index (χ3v) is 4.90. The summed E-state index contributed by atoms with van der Waals surface area (Å²) in [6, 6.07) is 0. The standard InChI is InChI=1S/C18H31N3O4/c1-2-3-4-5-6-7-16(22)19-8-10-20(11-9-19)17(23)18(24)21-12-14-25-15-13-21/h2-15H2,1H3. The van der Waals surface area contributed by atoms with Gasteiger partial charge in [-0.05, 0) is 6.42 Å². The molecule has 142 valence electrons. The first-order chi connectivity index (χ1) is 12.1. The Hall–Kier alpha value is -1.63. The molecule has 0 aromatic carbocycles. The van der Waals surface area contributed by atoms with E-state index >= 15 is 0 Å². The molecule has 2 heterocycles. The number of hydrogen-bond donors (Lipinski definition) is 0. The topological polar surface area (TPSA) is 70.2 Å². The van der Waals surface area contributed by atoms with Crippen LogP contribution in [0.15, 0.2) is 0 Å². The number of hydrogen-bond acceptors (Lipinski definition) is 4. The Kier molecular flexibility index (Phi) is 8.18. The molecule has 0 unspecified atom stereocenters. The van der Waals surface area contributed by atoms with Crippen LogP contribution in [0, 0.1) is 0 Å². The van der Waals surface area contributed by atoms with Gasteiger partial charge in [0.1, 0.15) is 0 Å². The van der Waals surface area contributed by atoms with Crippen molar-refractivity contribution in [3.63, 3.8) is 0 Å². The van der Waals surface area contributed by atoms with Crippen molar-refractivity contribution < 1.29 is 19.1 Å². The van der Waals surface area contributed by atoms with Gasteiger partial charge in [-0.2, -0.15) is 0 Å². The van der Waals surface area contributed by atoms with E-state index in [-0.39, 0.29) is 5.91 Å². The molecular formula is C18H31N3O4. The zero-order valence-corrected chi connectivity index (χ0v) is 15.4. The first kappa shape index (κ1) is 19.7. The molecule has 2 aliphatic heterocycles. The van der Waals surface area contributed by atoms with Gasteiger partial charge >= 0.3 is 11.8 Å². The Morgan fingerprint density at radius 1 is 0.720 bits per heavy atom. The number of carbonyl (C=O) groups excluding carboxylic acids is 3. The number of ether oxygens (including phenoxy) is 1. The highest BCUT2D eigenvalue weighted by molar-refractivity contribution is 6.34. The lowest BCUT2D eigenvalue weighted by molar-refractivity contribution is -0.155. The molecule has 0 bridgehead atoms. The van der Waals surface area contributed by atoms with E-state index in [4.69, 9.17) is 4.74 Å². The number of carbonyl (C=O) groups is 3. The molecule has 0 aromatic heterocycles. The van der Waals surface area contributed by atoms with Crippen molar-refractivity contribution in [1.82, 2.24) is 14.7 Å². The van der Waals surface area contributed by atoms with Crippen molar-refractivity contribution in [1.29, 1.82) is 0 Å². The van der Waals surface area contributed by atoms with Crippen LogP contribution in [0.1, 0.15) is 45.4 Å². The SMILES string of the molecule is CCCCCCCC(=O)N1CCN(C(=O)C(=O)N2CCOCC2)CC1. The van der Waals surface area contributed by atoms with Crippen molar-refractivity contribution in [3.05, 3.63) is 0 Å². The van der Waals surface area contributed by atoms with E-state index in [0.29, 0.717) is 58.9 Å². The summed E-state index contributed by atoms with van der Waals surface area (Å²) in [6.45, 7) is 6.02. The van der Waals surface area contributed by atoms with Crippen LogP contribution in [-0.4, -0.2) is 84.9 Å². The lowest BCUT2D eigenvalue weighted by Crippen LogP contribution is -2.55. The van der Waals surface area contributed by atoms with Gasteiger partial charge in [0, 0.05) is 45.7 Å². The smallest absolute Gasteiger partial charge is 0.312 e. The van der Waals surface area contributed by atoms with Crippen molar-refractivity contribution in [2.75, 3.05) is 52.5 Å². The molecule has 0 N–H and O–H groups in total. The van der Waals surface area contributed by atoms with Crippen LogP contribution >= 0.6 is 0 Å². The van der Waals surface area contributed by atoms with Gasteiger partial charge in [-0.15, -0.1) is 0 Å². The molecule has 0 saturated carbocycles. The quantitative estimate of drug-likeness (QED) is 0.525. The summed E-state index contributed by atoms with van der Waals surface area (Å²) in [6.07, 6.45) is 6.25. The summed E-state index contributed by atoms with van der Waals surface area (Å²) in [5.41, 5.74) is 0. The molecule has 0 radical (unpaired) electrons. The summed E-state index contributed by atoms with van der Waals surface area (Å²) in [7, 11) is 0. The molecule has 2 fully saturated rings. The van der Waals surface area contributed by atoms with Gasteiger partial charge in [0.25, 0.3) is 0 Å². The number of rotatable bonds is 6. The summed E-state index contributed by atoms with van der Waals surface area (Å²) in [4.78, 5) is 41.7. The fourth-order valence-corrected chi connectivity index (χ4v) is 3.23. The molecule has 0 aliphatic carbocycles. The second-order valence-corrected chi connectivity index (χ2v) is 6.74. The van der Waals surface area contributed by atoms with Crippen molar-refractivity contribution >= 4 is 17.7 Å². The van der Waals surface area contributed by atoms with Crippen LogP contribution in [-0.2, 0) is 19.1 Å². The van der Waals surface area contributed by atoms with Crippen molar-refractivity contribution in [3.8, 4) is 0 Å². The predicted molar refractivity (Wildman–Crippen MR) is 93.9 cm³/mol. The van der Waals surface area contributed by atoms with E-state index in [9.17, 15) is 14.4 Å². The van der Waals surface area contributed by atoms with E-state index in [1.807, 2.05) is 4.90 Å². The highest BCUT2D eigenvalue weighted by Gasteiger charge is 2.31. The second-order valence-electron chi connectivity index (χ2n) is 6.74.